The molecule has 5 aromatic rings. The summed E-state index contributed by atoms with van der Waals surface area (Å²) >= 11 is 17.3. The van der Waals surface area contributed by atoms with Crippen molar-refractivity contribution in [3.05, 3.63) is 153 Å². The summed E-state index contributed by atoms with van der Waals surface area (Å²) in [5.41, 5.74) is 4.63. The van der Waals surface area contributed by atoms with Crippen LogP contribution in [0.1, 0.15) is 60.5 Å². The van der Waals surface area contributed by atoms with Gasteiger partial charge < -0.3 is 14.2 Å². The summed E-state index contributed by atoms with van der Waals surface area (Å²) in [6, 6.07) is 25.6. The first-order chi connectivity index (χ1) is 24.1. The molecule has 0 saturated heterocycles. The van der Waals surface area contributed by atoms with E-state index in [1.54, 1.807) is 42.9 Å². The standard InChI is InChI=1S/C39H33BrCl2N2O5S/c1-5-48-38(46)33-34(25-9-7-6-8-10-25)43-39-44(35(33)26-13-11-24(12-14-26)22(2)3)37(45)32(50-39)19-23-17-29(40)36(31(18-23)47-4)49-21-27-15-16-28(41)20-30(27)42/h6-20,22,35H,5,21H2,1-4H3/b32-19-/t35-/m0/s1. The average molecular weight is 793 g/mol. The highest BCUT2D eigenvalue weighted by atomic mass is 79.9. The van der Waals surface area contributed by atoms with Crippen LogP contribution in [0.5, 0.6) is 11.5 Å². The van der Waals surface area contributed by atoms with Gasteiger partial charge in [0.25, 0.3) is 5.56 Å². The number of ether oxygens (including phenoxy) is 3. The molecule has 0 amide bonds. The molecule has 0 bridgehead atoms. The number of esters is 1. The molecule has 7 nitrogen and oxygen atoms in total. The van der Waals surface area contributed by atoms with Crippen molar-refractivity contribution in [1.82, 2.24) is 4.57 Å². The van der Waals surface area contributed by atoms with Crippen molar-refractivity contribution in [2.75, 3.05) is 13.7 Å². The number of rotatable bonds is 10. The van der Waals surface area contributed by atoms with E-state index in [2.05, 4.69) is 29.8 Å². The van der Waals surface area contributed by atoms with Crippen LogP contribution >= 0.6 is 50.5 Å². The van der Waals surface area contributed by atoms with Gasteiger partial charge in [0, 0.05) is 21.2 Å². The van der Waals surface area contributed by atoms with E-state index in [9.17, 15) is 9.59 Å². The minimum absolute atomic E-state index is 0.178. The third-order valence-electron chi connectivity index (χ3n) is 8.23. The molecule has 256 valence electrons. The Bertz CT molecular complexity index is 2280. The van der Waals surface area contributed by atoms with Crippen molar-refractivity contribution < 1.29 is 19.0 Å². The highest BCUT2D eigenvalue weighted by molar-refractivity contribution is 9.10. The van der Waals surface area contributed by atoms with Crippen LogP contribution in [0.25, 0.3) is 11.8 Å². The average Bonchev–Trinajstić information content (AvgIpc) is 3.41. The summed E-state index contributed by atoms with van der Waals surface area (Å²) in [5.74, 6) is 0.733. The monoisotopic (exact) mass is 790 g/mol. The number of carbonyl (C=O) groups is 1. The lowest BCUT2D eigenvalue weighted by Gasteiger charge is -2.26. The normalized spacial score (nSPS) is 14.4. The molecule has 0 unspecified atom stereocenters. The van der Waals surface area contributed by atoms with Crippen LogP contribution in [0.15, 0.2) is 105 Å². The van der Waals surface area contributed by atoms with E-state index in [0.29, 0.717) is 58.1 Å². The van der Waals surface area contributed by atoms with Crippen molar-refractivity contribution in [2.24, 2.45) is 4.99 Å². The smallest absolute Gasteiger partial charge is 0.338 e. The molecular formula is C39H33BrCl2N2O5S. The van der Waals surface area contributed by atoms with Gasteiger partial charge in [-0.15, -0.1) is 0 Å². The maximum Gasteiger partial charge on any atom is 0.338 e. The van der Waals surface area contributed by atoms with Crippen molar-refractivity contribution in [2.45, 2.75) is 39.3 Å². The highest BCUT2D eigenvalue weighted by Gasteiger charge is 2.35. The maximum absolute atomic E-state index is 14.4. The summed E-state index contributed by atoms with van der Waals surface area (Å²) in [7, 11) is 1.55. The first kappa shape index (κ1) is 35.7. The third kappa shape index (κ3) is 7.32. The maximum atomic E-state index is 14.4. The number of benzene rings is 4. The predicted molar refractivity (Wildman–Crippen MR) is 203 cm³/mol. The van der Waals surface area contributed by atoms with Gasteiger partial charge in [0.05, 0.1) is 40.0 Å². The van der Waals surface area contributed by atoms with Crippen LogP contribution in [-0.4, -0.2) is 24.3 Å². The quantitative estimate of drug-likeness (QED) is 0.132. The molecule has 2 heterocycles. The lowest BCUT2D eigenvalue weighted by atomic mass is 9.91. The Morgan fingerprint density at radius 2 is 1.78 bits per heavy atom. The molecule has 50 heavy (non-hydrogen) atoms. The Hall–Kier alpha value is -4.15. The second-order valence-electron chi connectivity index (χ2n) is 11.8. The Morgan fingerprint density at radius 1 is 1.04 bits per heavy atom. The molecular weight excluding hydrogens is 759 g/mol. The molecule has 0 spiro atoms. The largest absolute Gasteiger partial charge is 0.493 e. The minimum atomic E-state index is -0.763. The molecule has 11 heteroatoms. The molecule has 0 saturated carbocycles. The number of halogens is 3. The molecule has 1 aliphatic heterocycles. The molecule has 1 atom stereocenters. The first-order valence-corrected chi connectivity index (χ1v) is 18.3. The molecule has 0 N–H and O–H groups in total. The molecule has 4 aromatic carbocycles. The topological polar surface area (TPSA) is 79.1 Å². The number of hydrogen-bond acceptors (Lipinski definition) is 7. The van der Waals surface area contributed by atoms with Gasteiger partial charge in [-0.25, -0.2) is 9.79 Å². The van der Waals surface area contributed by atoms with Crippen LogP contribution < -0.4 is 24.4 Å². The summed E-state index contributed by atoms with van der Waals surface area (Å²) in [6.45, 7) is 6.37. The van der Waals surface area contributed by atoms with Crippen molar-refractivity contribution in [3.8, 4) is 11.5 Å². The van der Waals surface area contributed by atoms with Gasteiger partial charge >= 0.3 is 5.97 Å². The predicted octanol–water partition coefficient (Wildman–Crippen LogP) is 8.72. The molecule has 6 rings (SSSR count). The van der Waals surface area contributed by atoms with Crippen LogP contribution in [-0.2, 0) is 16.1 Å². The Morgan fingerprint density at radius 3 is 2.44 bits per heavy atom. The second kappa shape index (κ2) is 15.4. The second-order valence-corrected chi connectivity index (χ2v) is 14.5. The molecule has 1 aliphatic rings. The lowest BCUT2D eigenvalue weighted by Crippen LogP contribution is -2.40. The fraction of sp³-hybridized carbons (Fsp3) is 0.205. The minimum Gasteiger partial charge on any atom is -0.493 e. The van der Waals surface area contributed by atoms with Gasteiger partial charge in [0.15, 0.2) is 16.3 Å². The van der Waals surface area contributed by atoms with Crippen molar-refractivity contribution >= 4 is 68.2 Å². The number of methoxy groups -OCH3 is 1. The van der Waals surface area contributed by atoms with Gasteiger partial charge in [-0.3, -0.25) is 9.36 Å². The molecule has 0 fully saturated rings. The van der Waals surface area contributed by atoms with E-state index >= 15 is 0 Å². The van der Waals surface area contributed by atoms with E-state index < -0.39 is 12.0 Å². The van der Waals surface area contributed by atoms with Crippen molar-refractivity contribution in [3.63, 3.8) is 0 Å². The first-order valence-electron chi connectivity index (χ1n) is 15.9. The number of nitrogens with zero attached hydrogens (tertiary/aromatic N) is 2. The van der Waals surface area contributed by atoms with Crippen molar-refractivity contribution in [1.29, 1.82) is 0 Å². The Kier molecular flexibility index (Phi) is 11.0. The van der Waals surface area contributed by atoms with E-state index in [1.807, 2.05) is 66.7 Å². The van der Waals surface area contributed by atoms with E-state index in [0.717, 1.165) is 22.3 Å². The number of carbonyl (C=O) groups excluding carboxylic acids is 1. The van der Waals surface area contributed by atoms with Crippen LogP contribution in [0, 0.1) is 0 Å². The lowest BCUT2D eigenvalue weighted by molar-refractivity contribution is -0.138. The van der Waals surface area contributed by atoms with Gasteiger partial charge in [0.1, 0.15) is 6.61 Å². The van der Waals surface area contributed by atoms with Gasteiger partial charge in [-0.05, 0) is 75.8 Å². The fourth-order valence-corrected chi connectivity index (χ4v) is 7.76. The van der Waals surface area contributed by atoms with E-state index in [4.69, 9.17) is 42.4 Å². The third-order valence-corrected chi connectivity index (χ3v) is 10.4. The molecule has 0 radical (unpaired) electrons. The Labute approximate surface area is 312 Å². The van der Waals surface area contributed by atoms with Crippen LogP contribution in [0.2, 0.25) is 10.0 Å². The number of hydrogen-bond donors (Lipinski definition) is 0. The van der Waals surface area contributed by atoms with Crippen LogP contribution in [0.3, 0.4) is 0 Å². The van der Waals surface area contributed by atoms with Crippen LogP contribution in [0.4, 0.5) is 0 Å². The summed E-state index contributed by atoms with van der Waals surface area (Å²) in [6.07, 6.45) is 1.78. The summed E-state index contributed by atoms with van der Waals surface area (Å²) < 4.78 is 20.1. The number of fused-ring (bicyclic) bond motifs is 1. The van der Waals surface area contributed by atoms with E-state index in [-0.39, 0.29) is 18.8 Å². The highest BCUT2D eigenvalue weighted by Crippen LogP contribution is 2.39. The van der Waals surface area contributed by atoms with E-state index in [1.165, 1.54) is 11.3 Å². The Balaban J connectivity index is 1.49. The summed E-state index contributed by atoms with van der Waals surface area (Å²) in [5, 5.41) is 1.03. The zero-order valence-corrected chi connectivity index (χ0v) is 31.6. The number of aromatic nitrogens is 1. The van der Waals surface area contributed by atoms with Gasteiger partial charge in [-0.2, -0.15) is 0 Å². The van der Waals surface area contributed by atoms with Gasteiger partial charge in [-0.1, -0.05) is 109 Å². The molecule has 0 aliphatic carbocycles. The van der Waals surface area contributed by atoms with Gasteiger partial charge in [0.2, 0.25) is 0 Å². The fourth-order valence-electron chi connectivity index (χ4n) is 5.72. The SMILES string of the molecule is CCOC(=O)C1=C(c2ccccc2)N=c2s/c(=C\c3cc(Br)c(OCc4ccc(Cl)cc4Cl)c(OC)c3)c(=O)n2[C@H]1c1ccc(C(C)C)cc1. The number of thiazole rings is 1. The zero-order chi connectivity index (χ0) is 35.5. The summed E-state index contributed by atoms with van der Waals surface area (Å²) in [4.78, 5) is 33.6. The molecule has 1 aromatic heterocycles. The zero-order valence-electron chi connectivity index (χ0n) is 27.7.